The number of nitrogens with zero attached hydrogens (tertiary/aromatic N) is 5. The fourth-order valence-electron chi connectivity index (χ4n) is 2.39. The molecule has 0 unspecified atom stereocenters. The van der Waals surface area contributed by atoms with E-state index in [0.29, 0.717) is 16.6 Å². The van der Waals surface area contributed by atoms with E-state index in [0.717, 1.165) is 25.9 Å². The number of hydrogen-bond donors (Lipinski definition) is 0. The maximum atomic E-state index is 13.2. The molecule has 0 spiro atoms. The number of hydrogen-bond acceptors (Lipinski definition) is 3. The molecule has 3 aromatic rings. The van der Waals surface area contributed by atoms with Crippen LogP contribution in [0.1, 0.15) is 18.4 Å². The molecular formula is C15H14FN5. The largest absolute Gasteiger partial charge is 0.331 e. The molecule has 0 aromatic carbocycles. The molecule has 5 nitrogen and oxygen atoms in total. The number of halogens is 1. The normalized spacial score (nSPS) is 10.9. The third-order valence-corrected chi connectivity index (χ3v) is 3.40. The van der Waals surface area contributed by atoms with Gasteiger partial charge in [0.25, 0.3) is 0 Å². The summed E-state index contributed by atoms with van der Waals surface area (Å²) in [5.74, 6) is -0.421. The molecule has 3 heterocycles. The zero-order valence-electron chi connectivity index (χ0n) is 11.4. The van der Waals surface area contributed by atoms with Crippen molar-refractivity contribution in [3.8, 4) is 6.07 Å². The molecule has 0 aliphatic carbocycles. The van der Waals surface area contributed by atoms with Crippen LogP contribution in [0.25, 0.3) is 11.0 Å². The predicted molar refractivity (Wildman–Crippen MR) is 75.9 cm³/mol. The Labute approximate surface area is 121 Å². The van der Waals surface area contributed by atoms with Crippen LogP contribution in [0.15, 0.2) is 36.9 Å². The van der Waals surface area contributed by atoms with Gasteiger partial charge in [0.05, 0.1) is 11.8 Å². The van der Waals surface area contributed by atoms with Crippen molar-refractivity contribution in [1.82, 2.24) is 19.3 Å². The average Bonchev–Trinajstić information content (AvgIpc) is 3.11. The van der Waals surface area contributed by atoms with E-state index in [1.165, 1.54) is 12.3 Å². The second-order valence-corrected chi connectivity index (χ2v) is 4.85. The van der Waals surface area contributed by atoms with Crippen LogP contribution in [0.3, 0.4) is 0 Å². The van der Waals surface area contributed by atoms with Gasteiger partial charge in [-0.3, -0.25) is 4.68 Å². The van der Waals surface area contributed by atoms with Crippen molar-refractivity contribution >= 4 is 11.0 Å². The lowest BCUT2D eigenvalue weighted by atomic mass is 10.2. The highest BCUT2D eigenvalue weighted by molar-refractivity contribution is 5.83. The van der Waals surface area contributed by atoms with Crippen LogP contribution >= 0.6 is 0 Å². The number of rotatable bonds is 5. The highest BCUT2D eigenvalue weighted by atomic mass is 19.1. The molecule has 0 saturated carbocycles. The van der Waals surface area contributed by atoms with Gasteiger partial charge in [-0.25, -0.2) is 9.37 Å². The molecule has 21 heavy (non-hydrogen) atoms. The first-order valence-electron chi connectivity index (χ1n) is 6.80. The summed E-state index contributed by atoms with van der Waals surface area (Å²) in [5, 5.41) is 13.8. The van der Waals surface area contributed by atoms with E-state index >= 15 is 0 Å². The predicted octanol–water partition coefficient (Wildman–Crippen LogP) is 2.72. The smallest absolute Gasteiger partial charge is 0.142 e. The molecule has 0 bridgehead atoms. The molecular weight excluding hydrogens is 269 g/mol. The van der Waals surface area contributed by atoms with Crippen LogP contribution in [0.4, 0.5) is 4.39 Å². The molecule has 0 saturated heterocycles. The number of pyridine rings is 1. The summed E-state index contributed by atoms with van der Waals surface area (Å²) in [6.45, 7) is 1.61. The van der Waals surface area contributed by atoms with Crippen molar-refractivity contribution in [1.29, 1.82) is 5.26 Å². The zero-order valence-corrected chi connectivity index (χ0v) is 11.4. The van der Waals surface area contributed by atoms with Gasteiger partial charge in [-0.2, -0.15) is 10.4 Å². The number of aryl methyl sites for hydroxylation is 2. The third kappa shape index (κ3) is 2.77. The van der Waals surface area contributed by atoms with E-state index in [1.807, 2.05) is 21.5 Å². The summed E-state index contributed by atoms with van der Waals surface area (Å²) in [7, 11) is 0. The second-order valence-electron chi connectivity index (χ2n) is 4.85. The summed E-state index contributed by atoms with van der Waals surface area (Å²) in [4.78, 5) is 4.10. The van der Waals surface area contributed by atoms with E-state index in [1.54, 1.807) is 12.4 Å². The van der Waals surface area contributed by atoms with Crippen molar-refractivity contribution in [3.63, 3.8) is 0 Å². The Kier molecular flexibility index (Phi) is 3.65. The van der Waals surface area contributed by atoms with Crippen molar-refractivity contribution in [2.45, 2.75) is 25.9 Å². The number of nitriles is 1. The lowest BCUT2D eigenvalue weighted by Gasteiger charge is -2.05. The van der Waals surface area contributed by atoms with Crippen LogP contribution in [-0.2, 0) is 13.1 Å². The van der Waals surface area contributed by atoms with Gasteiger partial charge >= 0.3 is 0 Å². The van der Waals surface area contributed by atoms with E-state index in [2.05, 4.69) is 16.2 Å². The fraction of sp³-hybridized carbons (Fsp3) is 0.267. The molecule has 3 rings (SSSR count). The Balaban J connectivity index is 1.71. The van der Waals surface area contributed by atoms with Gasteiger partial charge in [0.15, 0.2) is 0 Å². The van der Waals surface area contributed by atoms with Crippen molar-refractivity contribution in [3.05, 3.63) is 48.3 Å². The van der Waals surface area contributed by atoms with Gasteiger partial charge in [0.1, 0.15) is 17.5 Å². The van der Waals surface area contributed by atoms with Crippen molar-refractivity contribution < 1.29 is 4.39 Å². The second kappa shape index (κ2) is 5.75. The van der Waals surface area contributed by atoms with Crippen LogP contribution in [0, 0.1) is 17.1 Å². The molecule has 6 heteroatoms. The Bertz CT molecular complexity index is 782. The van der Waals surface area contributed by atoms with Crippen LogP contribution < -0.4 is 0 Å². The van der Waals surface area contributed by atoms with E-state index < -0.39 is 5.82 Å². The summed E-state index contributed by atoms with van der Waals surface area (Å²) < 4.78 is 17.0. The first-order valence-corrected chi connectivity index (χ1v) is 6.80. The van der Waals surface area contributed by atoms with Crippen LogP contribution in [0.2, 0.25) is 0 Å². The Morgan fingerprint density at radius 3 is 2.90 bits per heavy atom. The Hall–Kier alpha value is -2.68. The quantitative estimate of drug-likeness (QED) is 0.676. The summed E-state index contributed by atoms with van der Waals surface area (Å²) in [6, 6.07) is 5.35. The van der Waals surface area contributed by atoms with Gasteiger partial charge in [0, 0.05) is 37.1 Å². The minimum atomic E-state index is -0.421. The molecule has 0 atom stereocenters. The summed E-state index contributed by atoms with van der Waals surface area (Å²) in [5.41, 5.74) is 1.12. The highest BCUT2D eigenvalue weighted by Crippen LogP contribution is 2.20. The molecule has 0 fully saturated rings. The SMILES string of the molecule is N#Cc1cn(CCCCn2cccn2)c2ncc(F)cc12. The summed E-state index contributed by atoms with van der Waals surface area (Å²) in [6.07, 6.45) is 8.53. The maximum absolute atomic E-state index is 13.2. The lowest BCUT2D eigenvalue weighted by molar-refractivity contribution is 0.526. The Morgan fingerprint density at radius 2 is 2.14 bits per heavy atom. The van der Waals surface area contributed by atoms with Crippen molar-refractivity contribution in [2.75, 3.05) is 0 Å². The average molecular weight is 283 g/mol. The molecule has 0 aliphatic heterocycles. The fourth-order valence-corrected chi connectivity index (χ4v) is 2.39. The number of fused-ring (bicyclic) bond motifs is 1. The standard InChI is InChI=1S/C15H14FN5/c16-13-8-14-12(9-17)11-20(15(14)18-10-13)5-1-2-6-21-7-3-4-19-21/h3-4,7-8,10-11H,1-2,5-6H2. The van der Waals surface area contributed by atoms with E-state index in [4.69, 9.17) is 5.26 Å². The van der Waals surface area contributed by atoms with Gasteiger partial charge < -0.3 is 4.57 Å². The molecule has 0 radical (unpaired) electrons. The first-order chi connectivity index (χ1) is 10.3. The molecule has 0 N–H and O–H groups in total. The monoisotopic (exact) mass is 283 g/mol. The first kappa shape index (κ1) is 13.3. The van der Waals surface area contributed by atoms with Crippen LogP contribution in [-0.4, -0.2) is 19.3 Å². The highest BCUT2D eigenvalue weighted by Gasteiger charge is 2.10. The van der Waals surface area contributed by atoms with Gasteiger partial charge in [-0.05, 0) is 25.0 Å². The maximum Gasteiger partial charge on any atom is 0.142 e. The Morgan fingerprint density at radius 1 is 1.29 bits per heavy atom. The topological polar surface area (TPSA) is 59.4 Å². The van der Waals surface area contributed by atoms with E-state index in [-0.39, 0.29) is 0 Å². The minimum absolute atomic E-state index is 0.421. The van der Waals surface area contributed by atoms with Crippen LogP contribution in [0.5, 0.6) is 0 Å². The van der Waals surface area contributed by atoms with Gasteiger partial charge in [0.2, 0.25) is 0 Å². The lowest BCUT2D eigenvalue weighted by Crippen LogP contribution is -2.02. The molecule has 0 amide bonds. The van der Waals surface area contributed by atoms with Gasteiger partial charge in [-0.1, -0.05) is 0 Å². The summed E-state index contributed by atoms with van der Waals surface area (Å²) >= 11 is 0. The molecule has 106 valence electrons. The zero-order chi connectivity index (χ0) is 14.7. The third-order valence-electron chi connectivity index (χ3n) is 3.40. The van der Waals surface area contributed by atoms with Crippen molar-refractivity contribution in [2.24, 2.45) is 0 Å². The number of unbranched alkanes of at least 4 members (excludes halogenated alkanes) is 1. The van der Waals surface area contributed by atoms with E-state index in [9.17, 15) is 4.39 Å². The molecule has 3 aromatic heterocycles. The minimum Gasteiger partial charge on any atom is -0.331 e. The number of aromatic nitrogens is 4. The van der Waals surface area contributed by atoms with Gasteiger partial charge in [-0.15, -0.1) is 0 Å². The molecule has 0 aliphatic rings.